The van der Waals surface area contributed by atoms with Crippen molar-refractivity contribution in [1.29, 1.82) is 0 Å². The van der Waals surface area contributed by atoms with Crippen LogP contribution in [0.15, 0.2) is 72.4 Å². The summed E-state index contributed by atoms with van der Waals surface area (Å²) < 4.78 is 16.3. The first kappa shape index (κ1) is 30.0. The van der Waals surface area contributed by atoms with Crippen LogP contribution in [0, 0.1) is 6.92 Å². The van der Waals surface area contributed by atoms with Gasteiger partial charge in [0.2, 0.25) is 0 Å². The predicted molar refractivity (Wildman–Crippen MR) is 155 cm³/mol. The van der Waals surface area contributed by atoms with Gasteiger partial charge in [-0.25, -0.2) is 5.43 Å². The molecule has 0 bridgehead atoms. The summed E-state index contributed by atoms with van der Waals surface area (Å²) in [6.07, 6.45) is 2.88. The number of hydrogen-bond donors (Lipinski definition) is 3. The number of carbonyl (C=O) groups is 3. The summed E-state index contributed by atoms with van der Waals surface area (Å²) in [7, 11) is 1.40. The van der Waals surface area contributed by atoms with Gasteiger partial charge in [0.05, 0.1) is 18.3 Å². The van der Waals surface area contributed by atoms with E-state index in [1.165, 1.54) is 25.5 Å². The molecule has 208 valence electrons. The van der Waals surface area contributed by atoms with E-state index in [0.717, 1.165) is 5.56 Å². The molecule has 3 N–H and O–H groups in total. The average Bonchev–Trinajstić information content (AvgIpc) is 2.93. The fourth-order valence-electron chi connectivity index (χ4n) is 3.20. The van der Waals surface area contributed by atoms with Gasteiger partial charge in [-0.1, -0.05) is 41.9 Å². The van der Waals surface area contributed by atoms with Crippen molar-refractivity contribution in [2.45, 2.75) is 6.92 Å². The van der Waals surface area contributed by atoms with Crippen LogP contribution < -0.4 is 30.3 Å². The molecule has 0 atom stereocenters. The van der Waals surface area contributed by atoms with E-state index in [1.807, 2.05) is 6.92 Å². The molecule has 3 aromatic rings. The molecule has 3 amide bonds. The van der Waals surface area contributed by atoms with E-state index in [4.69, 9.17) is 37.4 Å². The first-order chi connectivity index (χ1) is 19.2. The van der Waals surface area contributed by atoms with Crippen molar-refractivity contribution in [3.63, 3.8) is 0 Å². The number of methoxy groups -OCH3 is 1. The van der Waals surface area contributed by atoms with Crippen LogP contribution in [-0.4, -0.2) is 44.3 Å². The smallest absolute Gasteiger partial charge is 0.329 e. The minimum absolute atomic E-state index is 0.136. The molecule has 0 radical (unpaired) electrons. The van der Waals surface area contributed by atoms with Crippen LogP contribution in [0.25, 0.3) is 0 Å². The highest BCUT2D eigenvalue weighted by Gasteiger charge is 2.15. The Kier molecular flexibility index (Phi) is 10.9. The molecule has 10 nitrogen and oxygen atoms in total. The first-order valence-electron chi connectivity index (χ1n) is 11.7. The van der Waals surface area contributed by atoms with Crippen LogP contribution in [0.1, 0.15) is 11.1 Å². The third-order valence-corrected chi connectivity index (χ3v) is 5.65. The second-order valence-corrected chi connectivity index (χ2v) is 8.95. The summed E-state index contributed by atoms with van der Waals surface area (Å²) >= 11 is 12.3. The fraction of sp³-hybridized carbons (Fsp3) is 0.143. The lowest BCUT2D eigenvalue weighted by Crippen LogP contribution is -2.32. The van der Waals surface area contributed by atoms with Crippen molar-refractivity contribution in [2.75, 3.05) is 31.0 Å². The van der Waals surface area contributed by atoms with Crippen LogP contribution in [0.3, 0.4) is 0 Å². The topological polar surface area (TPSA) is 127 Å². The van der Waals surface area contributed by atoms with Crippen LogP contribution in [0.4, 0.5) is 11.4 Å². The molecule has 0 saturated heterocycles. The largest absolute Gasteiger partial charge is 0.493 e. The zero-order valence-corrected chi connectivity index (χ0v) is 23.1. The molecule has 40 heavy (non-hydrogen) atoms. The molecule has 0 aromatic heterocycles. The van der Waals surface area contributed by atoms with E-state index in [0.29, 0.717) is 34.3 Å². The van der Waals surface area contributed by atoms with Gasteiger partial charge in [-0.15, -0.1) is 0 Å². The number of ether oxygens (including phenoxy) is 3. The number of aryl methyl sites for hydroxylation is 1. The minimum Gasteiger partial charge on any atom is -0.493 e. The van der Waals surface area contributed by atoms with Crippen molar-refractivity contribution in [3.8, 4) is 17.2 Å². The number of hydrazone groups is 1. The highest BCUT2D eigenvalue weighted by molar-refractivity contribution is 6.39. The maximum absolute atomic E-state index is 12.4. The Morgan fingerprint density at radius 3 is 2.42 bits per heavy atom. The Morgan fingerprint density at radius 1 is 0.975 bits per heavy atom. The number of nitrogens with one attached hydrogen (secondary N) is 3. The SMILES string of the molecule is C=CCOc1ccc(NC(=O)C(=O)N/N=C\c2cc(Cl)c(OCC(=O)Nc3cc(Cl)ccc3C)c(OC)c2)cc1. The van der Waals surface area contributed by atoms with Gasteiger partial charge in [0.25, 0.3) is 5.91 Å². The summed E-state index contributed by atoms with van der Waals surface area (Å²) in [5, 5.41) is 9.60. The van der Waals surface area contributed by atoms with Crippen molar-refractivity contribution in [3.05, 3.63) is 88.4 Å². The number of benzene rings is 3. The van der Waals surface area contributed by atoms with Crippen molar-refractivity contribution >= 4 is 58.5 Å². The second-order valence-electron chi connectivity index (χ2n) is 8.11. The van der Waals surface area contributed by atoms with Gasteiger partial charge in [0, 0.05) is 16.4 Å². The number of rotatable bonds is 11. The van der Waals surface area contributed by atoms with Crippen LogP contribution in [0.5, 0.6) is 17.2 Å². The number of hydrogen-bond acceptors (Lipinski definition) is 7. The van der Waals surface area contributed by atoms with E-state index in [2.05, 4.69) is 27.7 Å². The molecule has 0 saturated carbocycles. The van der Waals surface area contributed by atoms with Gasteiger partial charge in [-0.05, 0) is 66.6 Å². The molecule has 0 aliphatic carbocycles. The lowest BCUT2D eigenvalue weighted by molar-refractivity contribution is -0.136. The normalized spacial score (nSPS) is 10.5. The van der Waals surface area contributed by atoms with Gasteiger partial charge in [-0.3, -0.25) is 14.4 Å². The quantitative estimate of drug-likeness (QED) is 0.126. The average molecular weight is 585 g/mol. The zero-order chi connectivity index (χ0) is 29.1. The lowest BCUT2D eigenvalue weighted by Gasteiger charge is -2.14. The van der Waals surface area contributed by atoms with E-state index < -0.39 is 17.7 Å². The molecular formula is C28H26Cl2N4O6. The van der Waals surface area contributed by atoms with Crippen LogP contribution in [-0.2, 0) is 14.4 Å². The summed E-state index contributed by atoms with van der Waals surface area (Å²) in [5.74, 6) is -1.36. The van der Waals surface area contributed by atoms with Crippen LogP contribution in [0.2, 0.25) is 10.0 Å². The van der Waals surface area contributed by atoms with Crippen molar-refractivity contribution in [1.82, 2.24) is 5.43 Å². The Hall–Kier alpha value is -4.54. The zero-order valence-electron chi connectivity index (χ0n) is 21.6. The van der Waals surface area contributed by atoms with Crippen LogP contribution >= 0.6 is 23.2 Å². The third-order valence-electron chi connectivity index (χ3n) is 5.14. The van der Waals surface area contributed by atoms with Crippen molar-refractivity contribution < 1.29 is 28.6 Å². The molecule has 12 heteroatoms. The summed E-state index contributed by atoms with van der Waals surface area (Å²) in [6.45, 7) is 5.41. The summed E-state index contributed by atoms with van der Waals surface area (Å²) in [6, 6.07) is 14.6. The second kappa shape index (κ2) is 14.6. The highest BCUT2D eigenvalue weighted by atomic mass is 35.5. The van der Waals surface area contributed by atoms with Gasteiger partial charge in [-0.2, -0.15) is 5.10 Å². The molecule has 0 spiro atoms. The lowest BCUT2D eigenvalue weighted by atomic mass is 10.2. The number of halogens is 2. The molecule has 0 unspecified atom stereocenters. The van der Waals surface area contributed by atoms with E-state index in [-0.39, 0.29) is 23.1 Å². The van der Waals surface area contributed by atoms with E-state index in [9.17, 15) is 14.4 Å². The Balaban J connectivity index is 1.56. The molecule has 3 rings (SSSR count). The Morgan fingerprint density at radius 2 is 1.73 bits per heavy atom. The Labute approximate surface area is 240 Å². The monoisotopic (exact) mass is 584 g/mol. The van der Waals surface area contributed by atoms with E-state index in [1.54, 1.807) is 48.5 Å². The molecule has 3 aromatic carbocycles. The standard InChI is InChI=1S/C28H26Cl2N4O6/c1-4-11-39-21-9-7-20(8-10-21)32-27(36)28(37)34-31-15-18-12-22(30)26(24(13-18)38-3)40-16-25(35)33-23-14-19(29)6-5-17(23)2/h4-10,12-15H,1,11,16H2,2-3H3,(H,32,36)(H,33,35)(H,34,37)/b31-15-. The summed E-state index contributed by atoms with van der Waals surface area (Å²) in [5.41, 5.74) is 4.38. The molecule has 0 aliphatic rings. The Bertz CT molecular complexity index is 1430. The maximum Gasteiger partial charge on any atom is 0.329 e. The first-order valence-corrected chi connectivity index (χ1v) is 12.5. The third kappa shape index (κ3) is 8.75. The molecule has 0 heterocycles. The minimum atomic E-state index is -0.984. The van der Waals surface area contributed by atoms with Gasteiger partial charge >= 0.3 is 11.8 Å². The summed E-state index contributed by atoms with van der Waals surface area (Å²) in [4.78, 5) is 36.7. The van der Waals surface area contributed by atoms with E-state index >= 15 is 0 Å². The molecule has 0 fully saturated rings. The molecule has 0 aliphatic heterocycles. The number of anilines is 2. The van der Waals surface area contributed by atoms with Gasteiger partial charge < -0.3 is 24.8 Å². The number of amides is 3. The van der Waals surface area contributed by atoms with Gasteiger partial charge in [0.15, 0.2) is 18.1 Å². The predicted octanol–water partition coefficient (Wildman–Crippen LogP) is 4.98. The van der Waals surface area contributed by atoms with Crippen molar-refractivity contribution in [2.24, 2.45) is 5.10 Å². The highest BCUT2D eigenvalue weighted by Crippen LogP contribution is 2.36. The maximum atomic E-state index is 12.4. The number of nitrogens with zero attached hydrogens (tertiary/aromatic N) is 1. The number of carbonyl (C=O) groups excluding carboxylic acids is 3. The van der Waals surface area contributed by atoms with Gasteiger partial charge in [0.1, 0.15) is 12.4 Å². The fourth-order valence-corrected chi connectivity index (χ4v) is 3.65. The molecular weight excluding hydrogens is 559 g/mol.